The maximum atomic E-state index is 14.1. The van der Waals surface area contributed by atoms with Crippen LogP contribution in [-0.4, -0.2) is 16.4 Å². The highest BCUT2D eigenvalue weighted by Crippen LogP contribution is 2.51. The van der Waals surface area contributed by atoms with Gasteiger partial charge in [-0.05, 0) is 74.1 Å². The van der Waals surface area contributed by atoms with Crippen molar-refractivity contribution in [2.45, 2.75) is 57.7 Å². The van der Waals surface area contributed by atoms with Gasteiger partial charge < -0.3 is 4.90 Å². The Kier molecular flexibility index (Phi) is 5.63. The quantitative estimate of drug-likeness (QED) is 0.324. The number of benzene rings is 3. The van der Waals surface area contributed by atoms with Gasteiger partial charge in [0.05, 0.1) is 5.41 Å². The van der Waals surface area contributed by atoms with E-state index in [-0.39, 0.29) is 11.4 Å². The third-order valence-corrected chi connectivity index (χ3v) is 7.77. The van der Waals surface area contributed by atoms with E-state index in [2.05, 4.69) is 116 Å². The highest BCUT2D eigenvalue weighted by Gasteiger charge is 2.56. The monoisotopic (exact) mass is 487 g/mol. The van der Waals surface area contributed by atoms with Crippen molar-refractivity contribution >= 4 is 17.4 Å². The second kappa shape index (κ2) is 8.88. The lowest BCUT2D eigenvalue weighted by Crippen LogP contribution is -2.49. The van der Waals surface area contributed by atoms with E-state index in [1.807, 2.05) is 11.0 Å². The van der Waals surface area contributed by atoms with Crippen molar-refractivity contribution in [1.82, 2.24) is 4.98 Å². The first-order valence-electron chi connectivity index (χ1n) is 13.1. The molecule has 1 amide bonds. The second-order valence-electron chi connectivity index (χ2n) is 11.4. The fourth-order valence-corrected chi connectivity index (χ4v) is 6.04. The molecule has 186 valence electrons. The zero-order chi connectivity index (χ0) is 25.6. The normalized spacial score (nSPS) is 18.2. The van der Waals surface area contributed by atoms with Crippen molar-refractivity contribution in [2.75, 3.05) is 9.80 Å². The van der Waals surface area contributed by atoms with E-state index in [1.54, 1.807) is 6.20 Å². The molecule has 1 atom stereocenters. The summed E-state index contributed by atoms with van der Waals surface area (Å²) in [5.74, 6) is 1.000. The summed E-state index contributed by atoms with van der Waals surface area (Å²) in [6, 6.07) is 32.1. The minimum Gasteiger partial charge on any atom is -0.363 e. The molecule has 0 saturated heterocycles. The Hall–Kier alpha value is -3.92. The lowest BCUT2D eigenvalue weighted by Gasteiger charge is -2.33. The summed E-state index contributed by atoms with van der Waals surface area (Å²) in [6.07, 6.45) is 3.24. The van der Waals surface area contributed by atoms with E-state index in [0.29, 0.717) is 6.42 Å². The van der Waals surface area contributed by atoms with Gasteiger partial charge in [0.25, 0.3) is 0 Å². The molecule has 0 saturated carbocycles. The molecule has 3 aromatic carbocycles. The third kappa shape index (κ3) is 4.11. The molecular formula is C33H33N3O. The molecule has 1 aromatic heterocycles. The number of pyridine rings is 1. The minimum atomic E-state index is -0.568. The standard InChI is InChI=1S/C33H33N3O/c1-32(2,3)36-30-29(15-10-18-34-30)33(31(36)37)20-26-16-17-28(19-27(26)21-33)35(22-24-11-6-4-7-12-24)23-25-13-8-5-9-14-25/h4-19H,20-23H2,1-3H3/t33-/m1/s1. The first kappa shape index (κ1) is 23.5. The molecule has 37 heavy (non-hydrogen) atoms. The zero-order valence-electron chi connectivity index (χ0n) is 21.8. The van der Waals surface area contributed by atoms with Crippen LogP contribution in [0.1, 0.15) is 48.6 Å². The number of nitrogens with zero attached hydrogens (tertiary/aromatic N) is 3. The van der Waals surface area contributed by atoms with E-state index < -0.39 is 5.41 Å². The van der Waals surface area contributed by atoms with Crippen molar-refractivity contribution in [3.63, 3.8) is 0 Å². The van der Waals surface area contributed by atoms with Crippen molar-refractivity contribution in [1.29, 1.82) is 0 Å². The average Bonchev–Trinajstić information content (AvgIpc) is 3.40. The summed E-state index contributed by atoms with van der Waals surface area (Å²) in [6.45, 7) is 7.92. The van der Waals surface area contributed by atoms with E-state index in [9.17, 15) is 4.79 Å². The van der Waals surface area contributed by atoms with E-state index in [0.717, 1.165) is 30.9 Å². The van der Waals surface area contributed by atoms with Gasteiger partial charge in [0.1, 0.15) is 5.82 Å². The minimum absolute atomic E-state index is 0.178. The molecule has 2 aliphatic rings. The molecule has 2 heterocycles. The van der Waals surface area contributed by atoms with Crippen LogP contribution in [-0.2, 0) is 36.1 Å². The van der Waals surface area contributed by atoms with E-state index in [1.165, 1.54) is 27.9 Å². The highest BCUT2D eigenvalue weighted by atomic mass is 16.2. The predicted molar refractivity (Wildman–Crippen MR) is 150 cm³/mol. The number of hydrogen-bond donors (Lipinski definition) is 0. The van der Waals surface area contributed by atoms with Crippen LogP contribution in [0.2, 0.25) is 0 Å². The first-order chi connectivity index (χ1) is 17.8. The Morgan fingerprint density at radius 3 is 2.05 bits per heavy atom. The third-order valence-electron chi connectivity index (χ3n) is 7.77. The maximum Gasteiger partial charge on any atom is 0.240 e. The molecule has 0 N–H and O–H groups in total. The van der Waals surface area contributed by atoms with Gasteiger partial charge in [0.2, 0.25) is 5.91 Å². The smallest absolute Gasteiger partial charge is 0.240 e. The summed E-state index contributed by atoms with van der Waals surface area (Å²) >= 11 is 0. The zero-order valence-corrected chi connectivity index (χ0v) is 21.8. The van der Waals surface area contributed by atoms with Gasteiger partial charge in [-0.1, -0.05) is 72.8 Å². The van der Waals surface area contributed by atoms with E-state index in [4.69, 9.17) is 0 Å². The molecule has 0 fully saturated rings. The van der Waals surface area contributed by atoms with Gasteiger partial charge in [-0.15, -0.1) is 0 Å². The van der Waals surface area contributed by atoms with Crippen molar-refractivity contribution in [3.05, 3.63) is 125 Å². The van der Waals surface area contributed by atoms with Gasteiger partial charge >= 0.3 is 0 Å². The second-order valence-corrected chi connectivity index (χ2v) is 11.4. The van der Waals surface area contributed by atoms with Crippen molar-refractivity contribution < 1.29 is 4.79 Å². The van der Waals surface area contributed by atoms with Crippen LogP contribution in [0.15, 0.2) is 97.2 Å². The van der Waals surface area contributed by atoms with Gasteiger partial charge in [-0.2, -0.15) is 0 Å². The van der Waals surface area contributed by atoms with E-state index >= 15 is 0 Å². The molecule has 1 spiro atoms. The number of carbonyl (C=O) groups is 1. The molecule has 6 rings (SSSR count). The summed E-state index contributed by atoms with van der Waals surface area (Å²) < 4.78 is 0. The van der Waals surface area contributed by atoms with Crippen LogP contribution in [0.3, 0.4) is 0 Å². The number of carbonyl (C=O) groups excluding carboxylic acids is 1. The van der Waals surface area contributed by atoms with Crippen LogP contribution in [0.4, 0.5) is 11.5 Å². The lowest BCUT2D eigenvalue weighted by molar-refractivity contribution is -0.123. The Morgan fingerprint density at radius 1 is 0.811 bits per heavy atom. The van der Waals surface area contributed by atoms with Crippen LogP contribution in [0, 0.1) is 0 Å². The highest BCUT2D eigenvalue weighted by molar-refractivity contribution is 6.09. The summed E-state index contributed by atoms with van der Waals surface area (Å²) in [4.78, 5) is 23.1. The molecule has 0 radical (unpaired) electrons. The van der Waals surface area contributed by atoms with Gasteiger partial charge in [-0.3, -0.25) is 9.69 Å². The molecule has 1 aliphatic heterocycles. The Morgan fingerprint density at radius 2 is 1.43 bits per heavy atom. The van der Waals surface area contributed by atoms with Crippen LogP contribution in [0.5, 0.6) is 0 Å². The van der Waals surface area contributed by atoms with Gasteiger partial charge in [0, 0.05) is 36.1 Å². The van der Waals surface area contributed by atoms with Crippen LogP contribution >= 0.6 is 0 Å². The summed E-state index contributed by atoms with van der Waals surface area (Å²) in [5.41, 5.74) is 6.45. The first-order valence-corrected chi connectivity index (χ1v) is 13.1. The Bertz CT molecular complexity index is 1400. The maximum absolute atomic E-state index is 14.1. The Labute approximate surface area is 219 Å². The number of fused-ring (bicyclic) bond motifs is 3. The number of anilines is 2. The topological polar surface area (TPSA) is 36.4 Å². The number of aromatic nitrogens is 1. The summed E-state index contributed by atoms with van der Waals surface area (Å²) in [5, 5.41) is 0. The molecule has 4 aromatic rings. The average molecular weight is 488 g/mol. The Balaban J connectivity index is 1.36. The number of hydrogen-bond acceptors (Lipinski definition) is 3. The van der Waals surface area contributed by atoms with Crippen LogP contribution < -0.4 is 9.80 Å². The predicted octanol–water partition coefficient (Wildman–Crippen LogP) is 6.47. The fourth-order valence-electron chi connectivity index (χ4n) is 6.04. The van der Waals surface area contributed by atoms with Crippen LogP contribution in [0.25, 0.3) is 0 Å². The SMILES string of the molecule is CC(C)(C)N1C(=O)[C@@]2(Cc3ccc(N(Cc4ccccc4)Cc4ccccc4)cc3C2)c2cccnc21. The molecule has 4 nitrogen and oxygen atoms in total. The summed E-state index contributed by atoms with van der Waals surface area (Å²) in [7, 11) is 0. The van der Waals surface area contributed by atoms with Gasteiger partial charge in [-0.25, -0.2) is 4.98 Å². The molecular weight excluding hydrogens is 454 g/mol. The number of rotatable bonds is 5. The van der Waals surface area contributed by atoms with Crippen molar-refractivity contribution in [3.8, 4) is 0 Å². The largest absolute Gasteiger partial charge is 0.363 e. The molecule has 0 bridgehead atoms. The van der Waals surface area contributed by atoms with Crippen molar-refractivity contribution in [2.24, 2.45) is 0 Å². The molecule has 4 heteroatoms. The molecule has 0 unspecified atom stereocenters. The number of amides is 1. The fraction of sp³-hybridized carbons (Fsp3) is 0.273. The molecule has 1 aliphatic carbocycles. The lowest BCUT2D eigenvalue weighted by atomic mass is 9.79. The van der Waals surface area contributed by atoms with Gasteiger partial charge in [0.15, 0.2) is 0 Å².